The highest BCUT2D eigenvalue weighted by Crippen LogP contribution is 2.24. The molecule has 0 fully saturated rings. The van der Waals surface area contributed by atoms with E-state index < -0.39 is 6.03 Å². The minimum atomic E-state index is -0.427. The predicted octanol–water partition coefficient (Wildman–Crippen LogP) is 3.38. The number of benzene rings is 1. The highest BCUT2D eigenvalue weighted by molar-refractivity contribution is 6.05. The SMILES string of the molecule is Cc1nc(NC(=O)Nc2cccc3c2ccn3C)nc(-c2ccccn2)n1. The molecule has 0 spiro atoms. The number of nitrogens with zero attached hydrogens (tertiary/aromatic N) is 5. The molecular weight excluding hydrogens is 342 g/mol. The van der Waals surface area contributed by atoms with Gasteiger partial charge in [-0.1, -0.05) is 12.1 Å². The molecule has 4 rings (SSSR count). The Bertz CT molecular complexity index is 1120. The molecule has 2 amide bonds. The largest absolute Gasteiger partial charge is 0.350 e. The molecule has 1 aromatic carbocycles. The fraction of sp³-hybridized carbons (Fsp3) is 0.105. The molecule has 4 aromatic rings. The molecule has 3 heterocycles. The lowest BCUT2D eigenvalue weighted by atomic mass is 10.2. The van der Waals surface area contributed by atoms with Crippen molar-refractivity contribution in [2.75, 3.05) is 10.6 Å². The first-order valence-electron chi connectivity index (χ1n) is 8.36. The van der Waals surface area contributed by atoms with Crippen molar-refractivity contribution in [1.82, 2.24) is 24.5 Å². The van der Waals surface area contributed by atoms with Gasteiger partial charge in [-0.3, -0.25) is 10.3 Å². The number of hydrogen-bond donors (Lipinski definition) is 2. The fourth-order valence-corrected chi connectivity index (χ4v) is 2.81. The highest BCUT2D eigenvalue weighted by atomic mass is 16.2. The first-order chi connectivity index (χ1) is 13.1. The number of anilines is 2. The zero-order valence-electron chi connectivity index (χ0n) is 14.8. The average molecular weight is 359 g/mol. The Morgan fingerprint density at radius 3 is 2.70 bits per heavy atom. The number of aryl methyl sites for hydroxylation is 2. The molecule has 0 saturated heterocycles. The lowest BCUT2D eigenvalue weighted by Gasteiger charge is -2.09. The van der Waals surface area contributed by atoms with Gasteiger partial charge in [0.1, 0.15) is 11.5 Å². The summed E-state index contributed by atoms with van der Waals surface area (Å²) in [7, 11) is 1.96. The number of amides is 2. The standard InChI is InChI=1S/C19H17N7O/c1-12-21-17(15-6-3-4-10-20-15)24-18(22-12)25-19(27)23-14-7-5-8-16-13(14)9-11-26(16)2/h3-11H,1-2H3,(H2,21,22,23,24,25,27). The van der Waals surface area contributed by atoms with Crippen molar-refractivity contribution in [2.24, 2.45) is 7.05 Å². The van der Waals surface area contributed by atoms with Crippen LogP contribution in [0, 0.1) is 6.92 Å². The number of fused-ring (bicyclic) bond motifs is 1. The van der Waals surface area contributed by atoms with Crippen LogP contribution in [-0.4, -0.2) is 30.5 Å². The third-order valence-electron chi connectivity index (χ3n) is 4.04. The van der Waals surface area contributed by atoms with E-state index >= 15 is 0 Å². The summed E-state index contributed by atoms with van der Waals surface area (Å²) in [6.07, 6.45) is 3.61. The summed E-state index contributed by atoms with van der Waals surface area (Å²) in [4.78, 5) is 29.4. The Morgan fingerprint density at radius 1 is 1.00 bits per heavy atom. The molecule has 0 bridgehead atoms. The van der Waals surface area contributed by atoms with Crippen molar-refractivity contribution in [3.63, 3.8) is 0 Å². The normalized spacial score (nSPS) is 10.7. The minimum absolute atomic E-state index is 0.167. The van der Waals surface area contributed by atoms with Crippen LogP contribution in [0.15, 0.2) is 54.9 Å². The highest BCUT2D eigenvalue weighted by Gasteiger charge is 2.12. The number of nitrogens with one attached hydrogen (secondary N) is 2. The number of rotatable bonds is 3. The molecule has 134 valence electrons. The van der Waals surface area contributed by atoms with E-state index in [1.807, 2.05) is 54.2 Å². The molecular formula is C19H17N7O. The van der Waals surface area contributed by atoms with Crippen molar-refractivity contribution >= 4 is 28.6 Å². The Kier molecular flexibility index (Phi) is 4.21. The van der Waals surface area contributed by atoms with E-state index in [1.165, 1.54) is 0 Å². The average Bonchev–Trinajstić information content (AvgIpc) is 3.04. The summed E-state index contributed by atoms with van der Waals surface area (Å²) in [5.74, 6) is 1.07. The number of carbonyl (C=O) groups is 1. The van der Waals surface area contributed by atoms with Gasteiger partial charge >= 0.3 is 6.03 Å². The van der Waals surface area contributed by atoms with E-state index in [-0.39, 0.29) is 5.95 Å². The van der Waals surface area contributed by atoms with E-state index in [0.717, 1.165) is 10.9 Å². The molecule has 3 aromatic heterocycles. The Morgan fingerprint density at radius 2 is 1.89 bits per heavy atom. The number of aromatic nitrogens is 5. The van der Waals surface area contributed by atoms with Crippen LogP contribution in [0.3, 0.4) is 0 Å². The minimum Gasteiger partial charge on any atom is -0.350 e. The van der Waals surface area contributed by atoms with Gasteiger partial charge in [0.2, 0.25) is 5.95 Å². The molecule has 2 N–H and O–H groups in total. The van der Waals surface area contributed by atoms with Crippen molar-refractivity contribution in [3.05, 3.63) is 60.7 Å². The molecule has 0 aliphatic heterocycles. The molecule has 0 saturated carbocycles. The topological polar surface area (TPSA) is 97.6 Å². The van der Waals surface area contributed by atoms with Crippen LogP contribution in [0.2, 0.25) is 0 Å². The summed E-state index contributed by atoms with van der Waals surface area (Å²) >= 11 is 0. The smallest absolute Gasteiger partial charge is 0.326 e. The van der Waals surface area contributed by atoms with Crippen LogP contribution in [0.5, 0.6) is 0 Å². The van der Waals surface area contributed by atoms with Crippen molar-refractivity contribution in [3.8, 4) is 11.5 Å². The Hall–Kier alpha value is -3.81. The van der Waals surface area contributed by atoms with Gasteiger partial charge in [0.05, 0.1) is 5.69 Å². The van der Waals surface area contributed by atoms with E-state index in [4.69, 9.17) is 0 Å². The lowest BCUT2D eigenvalue weighted by Crippen LogP contribution is -2.21. The summed E-state index contributed by atoms with van der Waals surface area (Å²) in [5.41, 5.74) is 2.35. The summed E-state index contributed by atoms with van der Waals surface area (Å²) in [5, 5.41) is 6.47. The maximum Gasteiger partial charge on any atom is 0.326 e. The summed E-state index contributed by atoms with van der Waals surface area (Å²) in [6, 6.07) is 12.7. The molecule has 8 heteroatoms. The maximum atomic E-state index is 12.4. The van der Waals surface area contributed by atoms with Crippen LogP contribution in [-0.2, 0) is 7.05 Å². The molecule has 27 heavy (non-hydrogen) atoms. The first-order valence-corrected chi connectivity index (χ1v) is 8.36. The van der Waals surface area contributed by atoms with E-state index in [1.54, 1.807) is 19.2 Å². The molecule has 8 nitrogen and oxygen atoms in total. The summed E-state index contributed by atoms with van der Waals surface area (Å²) in [6.45, 7) is 1.74. The van der Waals surface area contributed by atoms with Gasteiger partial charge in [-0.2, -0.15) is 9.97 Å². The molecule has 0 aliphatic rings. The van der Waals surface area contributed by atoms with Crippen LogP contribution in [0.25, 0.3) is 22.4 Å². The Balaban J connectivity index is 1.57. The van der Waals surface area contributed by atoms with Gasteiger partial charge in [-0.25, -0.2) is 9.78 Å². The van der Waals surface area contributed by atoms with E-state index in [2.05, 4.69) is 30.6 Å². The van der Waals surface area contributed by atoms with Crippen molar-refractivity contribution in [2.45, 2.75) is 6.92 Å². The second kappa shape index (κ2) is 6.83. The second-order valence-corrected chi connectivity index (χ2v) is 5.99. The van der Waals surface area contributed by atoms with E-state index in [0.29, 0.717) is 23.0 Å². The van der Waals surface area contributed by atoms with Crippen LogP contribution >= 0.6 is 0 Å². The van der Waals surface area contributed by atoms with Crippen LogP contribution in [0.4, 0.5) is 16.4 Å². The molecule has 0 atom stereocenters. The van der Waals surface area contributed by atoms with Gasteiger partial charge in [0.25, 0.3) is 0 Å². The molecule has 0 radical (unpaired) electrons. The van der Waals surface area contributed by atoms with Gasteiger partial charge < -0.3 is 9.88 Å². The number of carbonyl (C=O) groups excluding carboxylic acids is 1. The Labute approximate surface area is 155 Å². The van der Waals surface area contributed by atoms with Gasteiger partial charge in [0.15, 0.2) is 5.82 Å². The fourth-order valence-electron chi connectivity index (χ4n) is 2.81. The van der Waals surface area contributed by atoms with Gasteiger partial charge in [0, 0.05) is 30.3 Å². The van der Waals surface area contributed by atoms with Crippen LogP contribution < -0.4 is 10.6 Å². The first kappa shape index (κ1) is 16.6. The van der Waals surface area contributed by atoms with Crippen molar-refractivity contribution in [1.29, 1.82) is 0 Å². The van der Waals surface area contributed by atoms with Gasteiger partial charge in [-0.05, 0) is 37.3 Å². The van der Waals surface area contributed by atoms with E-state index in [9.17, 15) is 4.79 Å². The molecule has 0 aliphatic carbocycles. The number of hydrogen-bond acceptors (Lipinski definition) is 5. The summed E-state index contributed by atoms with van der Waals surface area (Å²) < 4.78 is 1.99. The zero-order valence-corrected chi connectivity index (χ0v) is 14.8. The third kappa shape index (κ3) is 3.45. The zero-order chi connectivity index (χ0) is 18.8. The second-order valence-electron chi connectivity index (χ2n) is 5.99. The number of urea groups is 1. The van der Waals surface area contributed by atoms with Crippen LogP contribution in [0.1, 0.15) is 5.82 Å². The third-order valence-corrected chi connectivity index (χ3v) is 4.04. The lowest BCUT2D eigenvalue weighted by molar-refractivity contribution is 0.262. The monoisotopic (exact) mass is 359 g/mol. The molecule has 0 unspecified atom stereocenters. The maximum absolute atomic E-state index is 12.4. The van der Waals surface area contributed by atoms with Crippen molar-refractivity contribution < 1.29 is 4.79 Å². The van der Waals surface area contributed by atoms with Gasteiger partial charge in [-0.15, -0.1) is 0 Å². The quantitative estimate of drug-likeness (QED) is 0.584. The number of pyridine rings is 1. The predicted molar refractivity (Wildman–Crippen MR) is 103 cm³/mol.